The number of amides is 2. The molecule has 1 atom stereocenters. The number of nitrogens with zero attached hydrogens (tertiary/aromatic N) is 2. The van der Waals surface area contributed by atoms with Gasteiger partial charge in [0.1, 0.15) is 6.04 Å². The van der Waals surface area contributed by atoms with Crippen molar-refractivity contribution in [2.75, 3.05) is 21.6 Å². The Morgan fingerprint density at radius 1 is 1.00 bits per heavy atom. The summed E-state index contributed by atoms with van der Waals surface area (Å²) in [5.41, 5.74) is 1.66. The molecule has 11 heteroatoms. The van der Waals surface area contributed by atoms with Gasteiger partial charge in [0.15, 0.2) is 0 Å². The van der Waals surface area contributed by atoms with E-state index >= 15 is 0 Å². The van der Waals surface area contributed by atoms with Crippen LogP contribution < -0.4 is 14.5 Å². The summed E-state index contributed by atoms with van der Waals surface area (Å²) in [7, 11) is -2.96. The van der Waals surface area contributed by atoms with E-state index in [4.69, 9.17) is 0 Å². The first-order chi connectivity index (χ1) is 17.7. The van der Waals surface area contributed by atoms with Crippen LogP contribution >= 0.6 is 0 Å². The first-order valence-electron chi connectivity index (χ1n) is 11.7. The van der Waals surface area contributed by atoms with Crippen LogP contribution in [0.15, 0.2) is 65.6 Å². The number of para-hydroxylation sites is 2. The van der Waals surface area contributed by atoms with Crippen molar-refractivity contribution in [1.82, 2.24) is 0 Å². The molecule has 0 bridgehead atoms. The fourth-order valence-corrected chi connectivity index (χ4v) is 6.78. The van der Waals surface area contributed by atoms with Gasteiger partial charge >= 0.3 is 6.18 Å². The third-order valence-electron chi connectivity index (χ3n) is 6.43. The largest absolute Gasteiger partial charge is 0.416 e. The van der Waals surface area contributed by atoms with Crippen LogP contribution in [0.25, 0.3) is 0 Å². The minimum Gasteiger partial charge on any atom is -0.322 e. The maximum Gasteiger partial charge on any atom is 0.416 e. The van der Waals surface area contributed by atoms with Crippen LogP contribution in [0.1, 0.15) is 28.7 Å². The topological polar surface area (TPSA) is 86.8 Å². The molecule has 0 saturated carbocycles. The molecular weight excluding hydrogens is 519 g/mol. The van der Waals surface area contributed by atoms with Gasteiger partial charge in [-0.1, -0.05) is 29.8 Å². The maximum atomic E-state index is 14.1. The third-order valence-corrected chi connectivity index (χ3v) is 8.56. The van der Waals surface area contributed by atoms with Crippen molar-refractivity contribution >= 4 is 38.9 Å². The van der Waals surface area contributed by atoms with E-state index in [9.17, 15) is 31.2 Å². The van der Waals surface area contributed by atoms with E-state index in [1.54, 1.807) is 50.2 Å². The minimum atomic E-state index is -4.53. The number of rotatable bonds is 5. The molecule has 3 aromatic carbocycles. The Morgan fingerprint density at radius 2 is 1.58 bits per heavy atom. The van der Waals surface area contributed by atoms with Crippen molar-refractivity contribution in [3.05, 3.63) is 82.9 Å². The number of nitrogens with one attached hydrogen (secondary N) is 1. The number of anilines is 3. The van der Waals surface area contributed by atoms with Crippen molar-refractivity contribution in [2.24, 2.45) is 0 Å². The van der Waals surface area contributed by atoms with E-state index in [2.05, 4.69) is 5.32 Å². The van der Waals surface area contributed by atoms with Crippen LogP contribution in [0.5, 0.6) is 0 Å². The van der Waals surface area contributed by atoms with Gasteiger partial charge in [0.05, 0.1) is 28.3 Å². The van der Waals surface area contributed by atoms with Crippen molar-refractivity contribution in [1.29, 1.82) is 0 Å². The highest BCUT2D eigenvalue weighted by molar-refractivity contribution is 7.93. The lowest BCUT2D eigenvalue weighted by Gasteiger charge is -2.37. The Kier molecular flexibility index (Phi) is 7.00. The molecule has 1 N–H and O–H groups in total. The normalized spacial score (nSPS) is 15.6. The van der Waals surface area contributed by atoms with Crippen molar-refractivity contribution in [3.8, 4) is 0 Å². The molecule has 2 amide bonds. The number of hydrogen-bond acceptors (Lipinski definition) is 4. The average Bonchev–Trinajstić information content (AvgIpc) is 2.82. The molecule has 4 rings (SSSR count). The monoisotopic (exact) mass is 545 g/mol. The maximum absolute atomic E-state index is 14.1. The van der Waals surface area contributed by atoms with Crippen LogP contribution in [0, 0.1) is 20.8 Å². The zero-order chi connectivity index (χ0) is 28.0. The van der Waals surface area contributed by atoms with E-state index in [-0.39, 0.29) is 22.0 Å². The summed E-state index contributed by atoms with van der Waals surface area (Å²) in [4.78, 5) is 27.6. The smallest absolute Gasteiger partial charge is 0.322 e. The lowest BCUT2D eigenvalue weighted by Crippen LogP contribution is -2.53. The molecule has 3 aromatic rings. The second-order valence-corrected chi connectivity index (χ2v) is 11.0. The van der Waals surface area contributed by atoms with Gasteiger partial charge in [0, 0.05) is 12.7 Å². The number of sulfonamides is 1. The quantitative estimate of drug-likeness (QED) is 0.478. The number of fused-ring (bicyclic) bond motifs is 1. The van der Waals surface area contributed by atoms with Crippen LogP contribution in [0.4, 0.5) is 30.2 Å². The van der Waals surface area contributed by atoms with Crippen LogP contribution in [0.3, 0.4) is 0 Å². The number of carbonyl (C=O) groups is 2. The van der Waals surface area contributed by atoms with Gasteiger partial charge in [-0.15, -0.1) is 0 Å². The molecule has 0 aromatic heterocycles. The van der Waals surface area contributed by atoms with Gasteiger partial charge in [-0.05, 0) is 68.3 Å². The van der Waals surface area contributed by atoms with Gasteiger partial charge in [-0.25, -0.2) is 8.42 Å². The Labute approximate surface area is 218 Å². The molecule has 1 heterocycles. The summed E-state index contributed by atoms with van der Waals surface area (Å²) in [5, 5.41) is 2.67. The minimum absolute atomic E-state index is 0.0427. The summed E-state index contributed by atoms with van der Waals surface area (Å²) in [5.74, 6) is -1.34. The van der Waals surface area contributed by atoms with Crippen molar-refractivity contribution in [2.45, 2.75) is 44.3 Å². The van der Waals surface area contributed by atoms with Gasteiger partial charge in [0.2, 0.25) is 11.8 Å². The highest BCUT2D eigenvalue weighted by Gasteiger charge is 2.43. The molecule has 1 unspecified atom stereocenters. The highest BCUT2D eigenvalue weighted by atomic mass is 32.2. The predicted octanol–water partition coefficient (Wildman–Crippen LogP) is 5.20. The van der Waals surface area contributed by atoms with Gasteiger partial charge < -0.3 is 10.2 Å². The van der Waals surface area contributed by atoms with Crippen LogP contribution in [-0.2, 0) is 25.8 Å². The number of carbonyl (C=O) groups excluding carboxylic acids is 2. The Morgan fingerprint density at radius 3 is 2.16 bits per heavy atom. The molecule has 1 aliphatic rings. The zero-order valence-corrected chi connectivity index (χ0v) is 21.9. The summed E-state index contributed by atoms with van der Waals surface area (Å²) in [6, 6.07) is 12.4. The third kappa shape index (κ3) is 4.98. The Balaban J connectivity index is 1.74. The van der Waals surface area contributed by atoms with E-state index in [1.807, 2.05) is 6.92 Å². The molecule has 38 heavy (non-hydrogen) atoms. The molecule has 0 spiro atoms. The fraction of sp³-hybridized carbons (Fsp3) is 0.259. The van der Waals surface area contributed by atoms with E-state index in [0.717, 1.165) is 39.0 Å². The first-order valence-corrected chi connectivity index (χ1v) is 13.1. The summed E-state index contributed by atoms with van der Waals surface area (Å²) in [6.07, 6.45) is -5.07. The van der Waals surface area contributed by atoms with Crippen molar-refractivity contribution in [3.63, 3.8) is 0 Å². The van der Waals surface area contributed by atoms with E-state index < -0.39 is 46.0 Å². The SMILES string of the molecule is Cc1cc(C)c(S(=O)(=O)N2c3ccccc3NC(=O)C2CC(=O)N(C)c2ccc(C(F)(F)F)cc2)c(C)c1. The molecule has 7 nitrogen and oxygen atoms in total. The number of aryl methyl sites for hydroxylation is 3. The lowest BCUT2D eigenvalue weighted by molar-refractivity contribution is -0.137. The Bertz CT molecular complexity index is 1500. The van der Waals surface area contributed by atoms with Crippen LogP contribution in [0.2, 0.25) is 0 Å². The molecule has 200 valence electrons. The first kappa shape index (κ1) is 27.2. The lowest BCUT2D eigenvalue weighted by atomic mass is 10.1. The zero-order valence-electron chi connectivity index (χ0n) is 21.1. The standard InChI is InChI=1S/C27H26F3N3O4S/c1-16-13-17(2)25(18(3)14-16)38(36,37)33-22-8-6-5-7-21(22)31-26(35)23(33)15-24(34)32(4)20-11-9-19(10-12-20)27(28,29)30/h5-14,23H,15H2,1-4H3,(H,31,35). The summed E-state index contributed by atoms with van der Waals surface area (Å²) >= 11 is 0. The molecular formula is C27H26F3N3O4S. The van der Waals surface area contributed by atoms with E-state index in [1.165, 1.54) is 7.05 Å². The predicted molar refractivity (Wildman–Crippen MR) is 139 cm³/mol. The van der Waals surface area contributed by atoms with Crippen LogP contribution in [-0.4, -0.2) is 33.3 Å². The van der Waals surface area contributed by atoms with Gasteiger partial charge in [-0.2, -0.15) is 13.2 Å². The number of hydrogen-bond donors (Lipinski definition) is 1. The van der Waals surface area contributed by atoms with Gasteiger partial charge in [0.25, 0.3) is 10.0 Å². The highest BCUT2D eigenvalue weighted by Crippen LogP contribution is 2.39. The number of halogens is 3. The van der Waals surface area contributed by atoms with Gasteiger partial charge in [-0.3, -0.25) is 13.9 Å². The summed E-state index contributed by atoms with van der Waals surface area (Å²) < 4.78 is 68.0. The molecule has 0 fully saturated rings. The fourth-order valence-electron chi connectivity index (χ4n) is 4.73. The molecule has 1 aliphatic heterocycles. The number of alkyl halides is 3. The summed E-state index contributed by atoms with van der Waals surface area (Å²) in [6.45, 7) is 5.18. The molecule has 0 saturated heterocycles. The van der Waals surface area contributed by atoms with Crippen molar-refractivity contribution < 1.29 is 31.2 Å². The second-order valence-electron chi connectivity index (χ2n) is 9.25. The Hall–Kier alpha value is -3.86. The average molecular weight is 546 g/mol. The second kappa shape index (κ2) is 9.79. The van der Waals surface area contributed by atoms with E-state index in [0.29, 0.717) is 11.1 Å². The number of benzene rings is 3. The molecule has 0 aliphatic carbocycles. The molecule has 0 radical (unpaired) electrons.